The Balaban J connectivity index is 1.48. The maximum absolute atomic E-state index is 13.8. The fraction of sp³-hybridized carbons (Fsp3) is 0.273. The molecular weight excluding hydrogens is 564 g/mol. The molecule has 1 saturated heterocycles. The molecule has 9 nitrogen and oxygen atoms in total. The number of aliphatic hydroxyl groups excluding tert-OH is 1. The van der Waals surface area contributed by atoms with Gasteiger partial charge in [-0.1, -0.05) is 49.3 Å². The van der Waals surface area contributed by atoms with E-state index in [2.05, 4.69) is 11.9 Å². The zero-order valence-corrected chi connectivity index (χ0v) is 25.1. The highest BCUT2D eigenvalue weighted by Gasteiger charge is 2.48. The molecule has 220 valence electrons. The smallest absolute Gasteiger partial charge is 0.301 e. The summed E-state index contributed by atoms with van der Waals surface area (Å²) in [4.78, 5) is 38.2. The molecule has 0 saturated carbocycles. The van der Waals surface area contributed by atoms with Crippen molar-refractivity contribution in [2.75, 3.05) is 18.1 Å². The lowest BCUT2D eigenvalue weighted by Crippen LogP contribution is -2.29. The van der Waals surface area contributed by atoms with Gasteiger partial charge in [0.25, 0.3) is 5.78 Å². The van der Waals surface area contributed by atoms with Crippen molar-refractivity contribution in [2.24, 2.45) is 0 Å². The molecule has 1 aliphatic rings. The molecular formula is C33H32N4O5S. The second-order valence-electron chi connectivity index (χ2n) is 10.3. The fourth-order valence-corrected chi connectivity index (χ4v) is 6.43. The lowest BCUT2D eigenvalue weighted by atomic mass is 9.96. The molecule has 10 heteroatoms. The number of hydrogen-bond acceptors (Lipinski definition) is 8. The summed E-state index contributed by atoms with van der Waals surface area (Å²) in [5, 5.41) is 12.1. The predicted molar refractivity (Wildman–Crippen MR) is 167 cm³/mol. The molecule has 1 N–H and O–H groups in total. The van der Waals surface area contributed by atoms with Crippen molar-refractivity contribution in [3.05, 3.63) is 89.4 Å². The van der Waals surface area contributed by atoms with Crippen molar-refractivity contribution in [3.8, 4) is 11.5 Å². The van der Waals surface area contributed by atoms with Crippen LogP contribution < -0.4 is 14.4 Å². The number of thiazole rings is 1. The molecule has 1 aliphatic heterocycles. The van der Waals surface area contributed by atoms with Crippen LogP contribution in [0.3, 0.4) is 0 Å². The number of aliphatic hydroxyl groups is 1. The molecule has 4 heterocycles. The minimum atomic E-state index is -0.922. The van der Waals surface area contributed by atoms with Gasteiger partial charge in [-0.3, -0.25) is 18.9 Å². The number of pyridine rings is 1. The zero-order valence-electron chi connectivity index (χ0n) is 24.2. The van der Waals surface area contributed by atoms with E-state index in [1.165, 1.54) is 16.2 Å². The highest BCUT2D eigenvalue weighted by atomic mass is 32.1. The summed E-state index contributed by atoms with van der Waals surface area (Å²) in [6, 6.07) is 17.4. The number of imidazole rings is 1. The number of ether oxygens (including phenoxy) is 2. The van der Waals surface area contributed by atoms with E-state index >= 15 is 0 Å². The van der Waals surface area contributed by atoms with E-state index in [0.717, 1.165) is 24.0 Å². The van der Waals surface area contributed by atoms with Crippen LogP contribution >= 0.6 is 11.3 Å². The molecule has 6 rings (SSSR count). The number of hydrogen-bond donors (Lipinski definition) is 1. The summed E-state index contributed by atoms with van der Waals surface area (Å²) in [6.45, 7) is 6.94. The average molecular weight is 597 g/mol. The third kappa shape index (κ3) is 5.23. The van der Waals surface area contributed by atoms with E-state index < -0.39 is 17.7 Å². The van der Waals surface area contributed by atoms with E-state index in [0.29, 0.717) is 58.0 Å². The van der Waals surface area contributed by atoms with Gasteiger partial charge in [0.05, 0.1) is 40.7 Å². The Kier molecular flexibility index (Phi) is 7.86. The van der Waals surface area contributed by atoms with Gasteiger partial charge in [0.15, 0.2) is 10.9 Å². The van der Waals surface area contributed by atoms with Crippen molar-refractivity contribution >= 4 is 49.8 Å². The van der Waals surface area contributed by atoms with Gasteiger partial charge in [0.2, 0.25) is 0 Å². The minimum Gasteiger partial charge on any atom is -0.505 e. The number of Topliss-reactive ketones (excluding diaryl/α,β-unsaturated/α-hetero) is 1. The number of rotatable bonds is 10. The van der Waals surface area contributed by atoms with Crippen molar-refractivity contribution in [3.63, 3.8) is 0 Å². The standard InChI is InChI=1S/C33H32N4O5S/c1-4-6-9-18-42-22-13-11-21(12-14-22)29-27(30(38)28-20(3)34-26-10-7-8-17-36(26)28)31(39)32(40)37(29)33-35-24-16-15-23(41-5-2)19-25(24)43-33/h7-8,10-17,19,29,38H,4-6,9,18H2,1-3H3/b30-27+. The maximum Gasteiger partial charge on any atom is 0.301 e. The monoisotopic (exact) mass is 596 g/mol. The fourth-order valence-electron chi connectivity index (χ4n) is 5.41. The maximum atomic E-state index is 13.8. The van der Waals surface area contributed by atoms with Gasteiger partial charge in [-0.05, 0) is 68.3 Å². The third-order valence-corrected chi connectivity index (χ3v) is 8.47. The Bertz CT molecular complexity index is 1860. The molecule has 0 bridgehead atoms. The first kappa shape index (κ1) is 28.4. The normalized spacial score (nSPS) is 16.4. The molecule has 1 atom stereocenters. The lowest BCUT2D eigenvalue weighted by Gasteiger charge is -2.23. The van der Waals surface area contributed by atoms with E-state index in [9.17, 15) is 14.7 Å². The predicted octanol–water partition coefficient (Wildman–Crippen LogP) is 6.85. The van der Waals surface area contributed by atoms with Gasteiger partial charge in [-0.2, -0.15) is 0 Å². The quantitative estimate of drug-likeness (QED) is 0.0814. The Morgan fingerprint density at radius 2 is 1.77 bits per heavy atom. The van der Waals surface area contributed by atoms with E-state index in [1.54, 1.807) is 17.5 Å². The number of unbranched alkanes of at least 4 members (excludes halogenated alkanes) is 2. The van der Waals surface area contributed by atoms with Crippen LogP contribution in [0.1, 0.15) is 56.1 Å². The Morgan fingerprint density at radius 3 is 2.53 bits per heavy atom. The molecule has 2 aromatic carbocycles. The molecule has 43 heavy (non-hydrogen) atoms. The molecule has 5 aromatic rings. The molecule has 1 amide bonds. The van der Waals surface area contributed by atoms with Gasteiger partial charge in [0, 0.05) is 6.20 Å². The van der Waals surface area contributed by atoms with Crippen LogP contribution in [0.5, 0.6) is 11.5 Å². The van der Waals surface area contributed by atoms with Crippen LogP contribution in [-0.4, -0.2) is 44.4 Å². The minimum absolute atomic E-state index is 0.0235. The van der Waals surface area contributed by atoms with Crippen molar-refractivity contribution < 1.29 is 24.2 Å². The molecule has 1 fully saturated rings. The number of anilines is 1. The van der Waals surface area contributed by atoms with Crippen LogP contribution in [0, 0.1) is 6.92 Å². The number of fused-ring (bicyclic) bond motifs is 2. The SMILES string of the molecule is CCCCCOc1ccc(C2/C(=C(\O)c3c(C)nc4ccccn34)C(=O)C(=O)N2c2nc3ccc(OCC)cc3s2)cc1. The van der Waals surface area contributed by atoms with Crippen LogP contribution in [0.25, 0.3) is 21.6 Å². The van der Waals surface area contributed by atoms with Crippen molar-refractivity contribution in [2.45, 2.75) is 46.1 Å². The Morgan fingerprint density at radius 1 is 0.977 bits per heavy atom. The number of carbonyl (C=O) groups is 2. The van der Waals surface area contributed by atoms with Crippen LogP contribution in [0.2, 0.25) is 0 Å². The van der Waals surface area contributed by atoms with Gasteiger partial charge in [0.1, 0.15) is 22.8 Å². The van der Waals surface area contributed by atoms with Gasteiger partial charge in [-0.25, -0.2) is 9.97 Å². The second kappa shape index (κ2) is 11.9. The zero-order chi connectivity index (χ0) is 30.1. The van der Waals surface area contributed by atoms with Crippen molar-refractivity contribution in [1.82, 2.24) is 14.4 Å². The summed E-state index contributed by atoms with van der Waals surface area (Å²) in [5.74, 6) is -0.454. The van der Waals surface area contributed by atoms with E-state index in [-0.39, 0.29) is 11.3 Å². The van der Waals surface area contributed by atoms with E-state index in [4.69, 9.17) is 14.5 Å². The van der Waals surface area contributed by atoms with Crippen LogP contribution in [0.15, 0.2) is 72.4 Å². The number of amides is 1. The van der Waals surface area contributed by atoms with Gasteiger partial charge in [-0.15, -0.1) is 0 Å². The summed E-state index contributed by atoms with van der Waals surface area (Å²) >= 11 is 1.29. The molecule has 0 aliphatic carbocycles. The number of carbonyl (C=O) groups excluding carboxylic acids is 2. The van der Waals surface area contributed by atoms with Crippen LogP contribution in [-0.2, 0) is 9.59 Å². The second-order valence-corrected chi connectivity index (χ2v) is 11.3. The highest BCUT2D eigenvalue weighted by molar-refractivity contribution is 7.22. The Hall–Kier alpha value is -4.70. The topological polar surface area (TPSA) is 106 Å². The first-order chi connectivity index (χ1) is 20.9. The van der Waals surface area contributed by atoms with Gasteiger partial charge < -0.3 is 14.6 Å². The molecule has 3 aromatic heterocycles. The first-order valence-electron chi connectivity index (χ1n) is 14.4. The molecule has 1 unspecified atom stereocenters. The number of aromatic nitrogens is 3. The molecule has 0 radical (unpaired) electrons. The number of nitrogens with zero attached hydrogens (tertiary/aromatic N) is 4. The number of ketones is 1. The summed E-state index contributed by atoms with van der Waals surface area (Å²) < 4.78 is 14.1. The summed E-state index contributed by atoms with van der Waals surface area (Å²) in [7, 11) is 0. The van der Waals surface area contributed by atoms with Crippen LogP contribution in [0.4, 0.5) is 5.13 Å². The average Bonchev–Trinajstić information content (AvgIpc) is 3.66. The number of aryl methyl sites for hydroxylation is 1. The largest absolute Gasteiger partial charge is 0.505 e. The van der Waals surface area contributed by atoms with E-state index in [1.807, 2.05) is 67.6 Å². The van der Waals surface area contributed by atoms with Gasteiger partial charge >= 0.3 is 5.91 Å². The lowest BCUT2D eigenvalue weighted by molar-refractivity contribution is -0.132. The molecule has 0 spiro atoms. The first-order valence-corrected chi connectivity index (χ1v) is 15.2. The van der Waals surface area contributed by atoms with Crippen molar-refractivity contribution in [1.29, 1.82) is 0 Å². The summed E-state index contributed by atoms with van der Waals surface area (Å²) in [6.07, 6.45) is 4.91. The Labute approximate surface area is 253 Å². The summed E-state index contributed by atoms with van der Waals surface area (Å²) in [5.41, 5.74) is 2.81. The highest BCUT2D eigenvalue weighted by Crippen LogP contribution is 2.45. The number of benzene rings is 2. The third-order valence-electron chi connectivity index (χ3n) is 7.45.